The van der Waals surface area contributed by atoms with Crippen LogP contribution in [-0.2, 0) is 16.6 Å². The van der Waals surface area contributed by atoms with Crippen molar-refractivity contribution in [2.75, 3.05) is 19.6 Å². The molecule has 0 radical (unpaired) electrons. The molecule has 1 saturated heterocycles. The van der Waals surface area contributed by atoms with E-state index in [4.69, 9.17) is 0 Å². The quantitative estimate of drug-likeness (QED) is 0.810. The van der Waals surface area contributed by atoms with Crippen molar-refractivity contribution in [2.45, 2.75) is 36.7 Å². The van der Waals surface area contributed by atoms with Crippen molar-refractivity contribution in [3.05, 3.63) is 43.0 Å². The lowest BCUT2D eigenvalue weighted by atomic mass is 10.0. The van der Waals surface area contributed by atoms with Gasteiger partial charge >= 0.3 is 0 Å². The van der Waals surface area contributed by atoms with Crippen molar-refractivity contribution < 1.29 is 8.42 Å². The second-order valence-electron chi connectivity index (χ2n) is 6.01. The van der Waals surface area contributed by atoms with E-state index in [0.717, 1.165) is 25.9 Å². The largest absolute Gasteiger partial charge is 0.297 e. The van der Waals surface area contributed by atoms with E-state index >= 15 is 0 Å². The van der Waals surface area contributed by atoms with Gasteiger partial charge in [-0.15, -0.1) is 0 Å². The Balaban J connectivity index is 1.54. The summed E-state index contributed by atoms with van der Waals surface area (Å²) < 4.78 is 29.1. The first-order valence-corrected chi connectivity index (χ1v) is 9.75. The van der Waals surface area contributed by atoms with Gasteiger partial charge in [0.15, 0.2) is 0 Å². The molecular formula is C16H23N5O2S. The summed E-state index contributed by atoms with van der Waals surface area (Å²) in [5.74, 6) is 0. The summed E-state index contributed by atoms with van der Waals surface area (Å²) in [6, 6.07) is 8.86. The van der Waals surface area contributed by atoms with Gasteiger partial charge in [-0.1, -0.05) is 24.6 Å². The Morgan fingerprint density at radius 2 is 2.04 bits per heavy atom. The maximum atomic E-state index is 12.3. The lowest BCUT2D eigenvalue weighted by Gasteiger charge is -2.35. The number of nitrogens with one attached hydrogen (secondary N) is 1. The average molecular weight is 349 g/mol. The Labute approximate surface area is 142 Å². The van der Waals surface area contributed by atoms with Crippen molar-refractivity contribution in [3.8, 4) is 0 Å². The number of benzene rings is 1. The highest BCUT2D eigenvalue weighted by Gasteiger charge is 2.23. The second kappa shape index (κ2) is 7.87. The molecule has 1 aliphatic heterocycles. The minimum atomic E-state index is -3.43. The molecule has 1 aromatic heterocycles. The highest BCUT2D eigenvalue weighted by molar-refractivity contribution is 7.89. The molecule has 1 aromatic carbocycles. The van der Waals surface area contributed by atoms with Gasteiger partial charge in [0, 0.05) is 19.1 Å². The van der Waals surface area contributed by atoms with Gasteiger partial charge < -0.3 is 0 Å². The lowest BCUT2D eigenvalue weighted by Crippen LogP contribution is -2.45. The van der Waals surface area contributed by atoms with Gasteiger partial charge in [-0.3, -0.25) is 9.58 Å². The molecule has 0 amide bonds. The molecule has 0 spiro atoms. The predicted molar refractivity (Wildman–Crippen MR) is 90.9 cm³/mol. The first-order valence-electron chi connectivity index (χ1n) is 8.26. The van der Waals surface area contributed by atoms with Crippen molar-refractivity contribution >= 4 is 10.0 Å². The van der Waals surface area contributed by atoms with Crippen molar-refractivity contribution in [2.24, 2.45) is 0 Å². The fraction of sp³-hybridized carbons (Fsp3) is 0.500. The number of rotatable bonds is 7. The predicted octanol–water partition coefficient (Wildman–Crippen LogP) is 1.11. The van der Waals surface area contributed by atoms with Crippen LogP contribution in [-0.4, -0.2) is 53.8 Å². The van der Waals surface area contributed by atoms with Crippen LogP contribution in [0.5, 0.6) is 0 Å². The van der Waals surface area contributed by atoms with Crippen LogP contribution < -0.4 is 4.72 Å². The molecule has 1 N–H and O–H groups in total. The summed E-state index contributed by atoms with van der Waals surface area (Å²) in [6.07, 6.45) is 6.72. The molecule has 3 rings (SSSR count). The van der Waals surface area contributed by atoms with Crippen LogP contribution in [0.15, 0.2) is 47.9 Å². The minimum Gasteiger partial charge on any atom is -0.297 e. The van der Waals surface area contributed by atoms with Gasteiger partial charge in [0.25, 0.3) is 0 Å². The molecular weight excluding hydrogens is 326 g/mol. The third-order valence-electron chi connectivity index (χ3n) is 4.36. The standard InChI is InChI=1S/C16H23N5O2S/c22-24(23,16-7-2-1-3-8-16)19-9-11-20-10-5-4-6-15(20)12-21-14-17-13-18-21/h1-3,7-8,13-15,19H,4-6,9-12H2/t15-/m0/s1. The summed E-state index contributed by atoms with van der Waals surface area (Å²) in [6.45, 7) is 2.90. The van der Waals surface area contributed by atoms with Gasteiger partial charge in [0.1, 0.15) is 12.7 Å². The molecule has 2 aromatic rings. The van der Waals surface area contributed by atoms with Crippen LogP contribution in [0.3, 0.4) is 0 Å². The number of sulfonamides is 1. The lowest BCUT2D eigenvalue weighted by molar-refractivity contribution is 0.132. The Morgan fingerprint density at radius 3 is 2.79 bits per heavy atom. The van der Waals surface area contributed by atoms with E-state index in [-0.39, 0.29) is 0 Å². The molecule has 130 valence electrons. The molecule has 0 unspecified atom stereocenters. The summed E-state index contributed by atoms with van der Waals surface area (Å²) in [4.78, 5) is 6.64. The summed E-state index contributed by atoms with van der Waals surface area (Å²) in [5, 5.41) is 4.17. The number of nitrogens with zero attached hydrogens (tertiary/aromatic N) is 4. The van der Waals surface area contributed by atoms with Crippen molar-refractivity contribution in [3.63, 3.8) is 0 Å². The third-order valence-corrected chi connectivity index (χ3v) is 5.83. The van der Waals surface area contributed by atoms with Crippen LogP contribution in [0.1, 0.15) is 19.3 Å². The first-order chi connectivity index (χ1) is 11.6. The summed E-state index contributed by atoms with van der Waals surface area (Å²) in [5.41, 5.74) is 0. The van der Waals surface area contributed by atoms with Gasteiger partial charge in [-0.25, -0.2) is 18.1 Å². The van der Waals surface area contributed by atoms with E-state index in [1.165, 1.54) is 6.42 Å². The number of piperidine rings is 1. The van der Waals surface area contributed by atoms with Gasteiger partial charge in [0.2, 0.25) is 10.0 Å². The normalized spacial score (nSPS) is 19.4. The molecule has 8 heteroatoms. The molecule has 7 nitrogen and oxygen atoms in total. The fourth-order valence-corrected chi connectivity index (χ4v) is 4.15. The minimum absolute atomic E-state index is 0.308. The van der Waals surface area contributed by atoms with E-state index in [1.54, 1.807) is 36.9 Å². The van der Waals surface area contributed by atoms with E-state index in [1.807, 2.05) is 10.7 Å². The molecule has 0 saturated carbocycles. The van der Waals surface area contributed by atoms with Crippen LogP contribution in [0.25, 0.3) is 0 Å². The second-order valence-corrected chi connectivity index (χ2v) is 7.78. The Bertz CT molecular complexity index is 718. The topological polar surface area (TPSA) is 80.1 Å². The van der Waals surface area contributed by atoms with E-state index in [0.29, 0.717) is 24.0 Å². The SMILES string of the molecule is O=S(=O)(NCCN1CCCC[C@H]1Cn1cncn1)c1ccccc1. The maximum absolute atomic E-state index is 12.3. The van der Waals surface area contributed by atoms with E-state index in [9.17, 15) is 8.42 Å². The van der Waals surface area contributed by atoms with Crippen LogP contribution >= 0.6 is 0 Å². The van der Waals surface area contributed by atoms with Crippen molar-refractivity contribution in [1.82, 2.24) is 24.4 Å². The van der Waals surface area contributed by atoms with Gasteiger partial charge in [0.05, 0.1) is 11.4 Å². The molecule has 1 atom stereocenters. The zero-order chi connectivity index (χ0) is 16.8. The first kappa shape index (κ1) is 17.1. The third kappa shape index (κ3) is 4.40. The Kier molecular flexibility index (Phi) is 5.60. The summed E-state index contributed by atoms with van der Waals surface area (Å²) in [7, 11) is -3.43. The average Bonchev–Trinajstić information content (AvgIpc) is 3.10. The summed E-state index contributed by atoms with van der Waals surface area (Å²) >= 11 is 0. The number of likely N-dealkylation sites (tertiary alicyclic amines) is 1. The van der Waals surface area contributed by atoms with Crippen LogP contribution in [0, 0.1) is 0 Å². The monoisotopic (exact) mass is 349 g/mol. The number of aromatic nitrogens is 3. The van der Waals surface area contributed by atoms with Gasteiger partial charge in [-0.05, 0) is 31.5 Å². The zero-order valence-corrected chi connectivity index (χ0v) is 14.4. The van der Waals surface area contributed by atoms with Crippen LogP contribution in [0.2, 0.25) is 0 Å². The smallest absolute Gasteiger partial charge is 0.240 e. The fourth-order valence-electron chi connectivity index (χ4n) is 3.11. The molecule has 0 bridgehead atoms. The highest BCUT2D eigenvalue weighted by Crippen LogP contribution is 2.18. The van der Waals surface area contributed by atoms with Gasteiger partial charge in [-0.2, -0.15) is 5.10 Å². The van der Waals surface area contributed by atoms with Crippen molar-refractivity contribution in [1.29, 1.82) is 0 Å². The van der Waals surface area contributed by atoms with E-state index in [2.05, 4.69) is 19.7 Å². The molecule has 24 heavy (non-hydrogen) atoms. The Hall–Kier alpha value is -1.77. The molecule has 1 aliphatic rings. The molecule has 0 aliphatic carbocycles. The number of hydrogen-bond donors (Lipinski definition) is 1. The molecule has 2 heterocycles. The Morgan fingerprint density at radius 1 is 1.21 bits per heavy atom. The number of hydrogen-bond acceptors (Lipinski definition) is 5. The molecule has 1 fully saturated rings. The van der Waals surface area contributed by atoms with Crippen LogP contribution in [0.4, 0.5) is 0 Å². The van der Waals surface area contributed by atoms with E-state index < -0.39 is 10.0 Å². The zero-order valence-electron chi connectivity index (χ0n) is 13.6. The highest BCUT2D eigenvalue weighted by atomic mass is 32.2. The maximum Gasteiger partial charge on any atom is 0.240 e.